The number of nitrogens with zero attached hydrogens (tertiary/aromatic N) is 1. The maximum Gasteiger partial charge on any atom is 0.574 e. The minimum Gasteiger partial charge on any atom is -0.390 e. The summed E-state index contributed by atoms with van der Waals surface area (Å²) in [6, 6.07) is 0.838. The average Bonchev–Trinajstić information content (AvgIpc) is 2.25. The number of ether oxygens (including phenoxy) is 1. The fourth-order valence-electron chi connectivity index (χ4n) is 1.22. The molecule has 3 nitrogen and oxygen atoms in total. The van der Waals surface area contributed by atoms with Crippen molar-refractivity contribution in [3.63, 3.8) is 0 Å². The Labute approximate surface area is 107 Å². The molecule has 0 amide bonds. The molecule has 1 rings (SSSR count). The predicted octanol–water partition coefficient (Wildman–Crippen LogP) is 3.31. The van der Waals surface area contributed by atoms with E-state index in [1.807, 2.05) is 0 Å². The third-order valence-electron chi connectivity index (χ3n) is 1.92. The van der Waals surface area contributed by atoms with Gasteiger partial charge in [0, 0.05) is 16.5 Å². The number of aliphatic hydroxyl groups excluding tert-OH is 1. The van der Waals surface area contributed by atoms with Crippen molar-refractivity contribution in [3.05, 3.63) is 22.9 Å². The van der Waals surface area contributed by atoms with Gasteiger partial charge in [0.25, 0.3) is 6.43 Å². The van der Waals surface area contributed by atoms with Gasteiger partial charge in [-0.15, -0.1) is 13.2 Å². The second kappa shape index (κ2) is 5.79. The number of aliphatic hydroxyl groups is 1. The van der Waals surface area contributed by atoms with E-state index < -0.39 is 36.4 Å². The summed E-state index contributed by atoms with van der Waals surface area (Å²) < 4.78 is 65.2. The highest BCUT2D eigenvalue weighted by Gasteiger charge is 2.34. The number of rotatable bonds is 4. The van der Waals surface area contributed by atoms with E-state index >= 15 is 0 Å². The van der Waals surface area contributed by atoms with Crippen LogP contribution in [-0.2, 0) is 11.9 Å². The number of pyridine rings is 1. The number of aromatic nitrogens is 1. The molecule has 0 unspecified atom stereocenters. The first-order valence-electron chi connectivity index (χ1n) is 4.52. The number of hydrogen-bond donors (Lipinski definition) is 1. The highest BCUT2D eigenvalue weighted by Crippen LogP contribution is 2.33. The summed E-state index contributed by atoms with van der Waals surface area (Å²) in [7, 11) is 0. The van der Waals surface area contributed by atoms with Gasteiger partial charge in [-0.1, -0.05) is 15.9 Å². The monoisotopic (exact) mass is 335 g/mol. The highest BCUT2D eigenvalue weighted by atomic mass is 79.9. The maximum atomic E-state index is 12.7. The number of halogens is 6. The van der Waals surface area contributed by atoms with Crippen molar-refractivity contribution in [2.75, 3.05) is 0 Å². The Morgan fingerprint density at radius 2 is 2.00 bits per heavy atom. The lowest BCUT2D eigenvalue weighted by Crippen LogP contribution is -2.20. The van der Waals surface area contributed by atoms with Gasteiger partial charge < -0.3 is 9.84 Å². The summed E-state index contributed by atoms with van der Waals surface area (Å²) in [5.41, 5.74) is -1.39. The zero-order valence-corrected chi connectivity index (χ0v) is 10.2. The molecule has 0 spiro atoms. The SMILES string of the molecule is OCc1cc(C(F)F)c(CBr)c(OC(F)(F)F)n1. The Kier molecular flexibility index (Phi) is 4.85. The van der Waals surface area contributed by atoms with E-state index in [0.717, 1.165) is 6.07 Å². The Morgan fingerprint density at radius 1 is 1.39 bits per heavy atom. The molecular weight excluding hydrogens is 329 g/mol. The van der Waals surface area contributed by atoms with Crippen molar-refractivity contribution >= 4 is 15.9 Å². The molecule has 1 N–H and O–H groups in total. The molecule has 0 aliphatic carbocycles. The Bertz CT molecular complexity index is 424. The summed E-state index contributed by atoms with van der Waals surface area (Å²) in [6.07, 6.45) is -8.04. The molecule has 0 bridgehead atoms. The second-order valence-electron chi connectivity index (χ2n) is 3.13. The van der Waals surface area contributed by atoms with Crippen LogP contribution in [0.2, 0.25) is 0 Å². The van der Waals surface area contributed by atoms with Crippen LogP contribution in [0, 0.1) is 0 Å². The molecule has 18 heavy (non-hydrogen) atoms. The molecule has 9 heteroatoms. The first-order chi connectivity index (χ1) is 8.28. The molecular formula is C9H7BrF5NO2. The van der Waals surface area contributed by atoms with Crippen LogP contribution in [0.3, 0.4) is 0 Å². The standard InChI is InChI=1S/C9H7BrF5NO2/c10-2-6-5(7(11)12)1-4(3-17)16-8(6)18-9(13,14)15/h1,7,17H,2-3H2. The number of hydrogen-bond acceptors (Lipinski definition) is 3. The van der Waals surface area contributed by atoms with Crippen molar-refractivity contribution in [2.45, 2.75) is 24.7 Å². The topological polar surface area (TPSA) is 42.4 Å². The second-order valence-corrected chi connectivity index (χ2v) is 3.69. The fraction of sp³-hybridized carbons (Fsp3) is 0.444. The lowest BCUT2D eigenvalue weighted by Gasteiger charge is -2.15. The summed E-state index contributed by atoms with van der Waals surface area (Å²) in [5.74, 6) is -0.985. The summed E-state index contributed by atoms with van der Waals surface area (Å²) in [6.45, 7) is -0.767. The molecule has 102 valence electrons. The lowest BCUT2D eigenvalue weighted by molar-refractivity contribution is -0.276. The molecule has 0 fully saturated rings. The largest absolute Gasteiger partial charge is 0.574 e. The van der Waals surface area contributed by atoms with Gasteiger partial charge in [0.1, 0.15) is 0 Å². The van der Waals surface area contributed by atoms with Gasteiger partial charge in [-0.2, -0.15) is 0 Å². The predicted molar refractivity (Wildman–Crippen MR) is 54.4 cm³/mol. The molecule has 0 atom stereocenters. The summed E-state index contributed by atoms with van der Waals surface area (Å²) in [4.78, 5) is 3.33. The van der Waals surface area contributed by atoms with Crippen LogP contribution in [0.1, 0.15) is 23.2 Å². The van der Waals surface area contributed by atoms with E-state index in [1.54, 1.807) is 0 Å². The quantitative estimate of drug-likeness (QED) is 0.678. The third kappa shape index (κ3) is 3.77. The van der Waals surface area contributed by atoms with Crippen molar-refractivity contribution in [1.82, 2.24) is 4.98 Å². The molecule has 0 aromatic carbocycles. The third-order valence-corrected chi connectivity index (χ3v) is 2.48. The van der Waals surface area contributed by atoms with Gasteiger partial charge in [0.2, 0.25) is 5.88 Å². The lowest BCUT2D eigenvalue weighted by atomic mass is 10.1. The van der Waals surface area contributed by atoms with Crippen LogP contribution in [0.15, 0.2) is 6.07 Å². The minimum absolute atomic E-state index is 0.281. The van der Waals surface area contributed by atoms with E-state index in [9.17, 15) is 22.0 Å². The van der Waals surface area contributed by atoms with E-state index in [0.29, 0.717) is 0 Å². The van der Waals surface area contributed by atoms with Crippen LogP contribution in [-0.4, -0.2) is 16.5 Å². The Hall–Kier alpha value is -0.960. The normalized spacial score (nSPS) is 12.0. The van der Waals surface area contributed by atoms with Gasteiger partial charge in [-0.25, -0.2) is 13.8 Å². The molecule has 1 aromatic rings. The zero-order valence-electron chi connectivity index (χ0n) is 8.64. The molecule has 0 saturated heterocycles. The summed E-state index contributed by atoms with van der Waals surface area (Å²) in [5, 5.41) is 8.49. The van der Waals surface area contributed by atoms with Gasteiger partial charge in [-0.05, 0) is 6.07 Å². The average molecular weight is 336 g/mol. The molecule has 0 radical (unpaired) electrons. The Morgan fingerprint density at radius 3 is 2.39 bits per heavy atom. The molecule has 0 aliphatic rings. The van der Waals surface area contributed by atoms with Crippen LogP contribution in [0.4, 0.5) is 22.0 Å². The fourth-order valence-corrected chi connectivity index (χ4v) is 1.79. The molecule has 1 heterocycles. The molecule has 0 aliphatic heterocycles. The van der Waals surface area contributed by atoms with Crippen LogP contribution >= 0.6 is 15.9 Å². The van der Waals surface area contributed by atoms with E-state index in [1.165, 1.54) is 0 Å². The molecule has 1 aromatic heterocycles. The van der Waals surface area contributed by atoms with E-state index in [4.69, 9.17) is 5.11 Å². The minimum atomic E-state index is -5.04. The van der Waals surface area contributed by atoms with Gasteiger partial charge in [0.15, 0.2) is 0 Å². The van der Waals surface area contributed by atoms with Crippen molar-refractivity contribution in [2.24, 2.45) is 0 Å². The van der Waals surface area contributed by atoms with E-state index in [2.05, 4.69) is 25.7 Å². The first-order valence-corrected chi connectivity index (χ1v) is 5.64. The number of alkyl halides is 6. The van der Waals surface area contributed by atoms with Crippen LogP contribution in [0.25, 0.3) is 0 Å². The highest BCUT2D eigenvalue weighted by molar-refractivity contribution is 9.08. The van der Waals surface area contributed by atoms with Crippen molar-refractivity contribution < 1.29 is 31.8 Å². The van der Waals surface area contributed by atoms with Crippen LogP contribution < -0.4 is 4.74 Å². The molecule has 0 saturated carbocycles. The maximum absolute atomic E-state index is 12.7. The Balaban J connectivity index is 3.33. The van der Waals surface area contributed by atoms with Crippen LogP contribution in [0.5, 0.6) is 5.88 Å². The van der Waals surface area contributed by atoms with Gasteiger partial charge in [-0.3, -0.25) is 0 Å². The van der Waals surface area contributed by atoms with Gasteiger partial charge >= 0.3 is 6.36 Å². The zero-order chi connectivity index (χ0) is 13.9. The smallest absolute Gasteiger partial charge is 0.390 e. The van der Waals surface area contributed by atoms with Gasteiger partial charge in [0.05, 0.1) is 12.3 Å². The van der Waals surface area contributed by atoms with E-state index in [-0.39, 0.29) is 11.0 Å². The first kappa shape index (κ1) is 15.1. The van der Waals surface area contributed by atoms with Crippen molar-refractivity contribution in [1.29, 1.82) is 0 Å². The summed E-state index contributed by atoms with van der Waals surface area (Å²) >= 11 is 2.80. The van der Waals surface area contributed by atoms with Crippen molar-refractivity contribution in [3.8, 4) is 5.88 Å².